The standard InChI is InChI=1S/C19H19BrN2O2S/c1-11(2)21-18(23)17(25-19(21)24)10-14-9-12(3)22(13(14)4)16-8-6-5-7-15(16)20/h5-11H,1-4H3/b17-10-. The van der Waals surface area contributed by atoms with Gasteiger partial charge >= 0.3 is 0 Å². The second kappa shape index (κ2) is 6.84. The van der Waals surface area contributed by atoms with Crippen molar-refractivity contribution in [1.29, 1.82) is 0 Å². The van der Waals surface area contributed by atoms with Crippen LogP contribution in [0.3, 0.4) is 0 Å². The average molecular weight is 419 g/mol. The molecular weight excluding hydrogens is 400 g/mol. The van der Waals surface area contributed by atoms with E-state index in [2.05, 4.69) is 20.5 Å². The van der Waals surface area contributed by atoms with Crippen molar-refractivity contribution in [2.75, 3.05) is 0 Å². The van der Waals surface area contributed by atoms with Gasteiger partial charge in [-0.1, -0.05) is 12.1 Å². The van der Waals surface area contributed by atoms with E-state index in [-0.39, 0.29) is 17.2 Å². The van der Waals surface area contributed by atoms with Gasteiger partial charge in [-0.05, 0) is 85.2 Å². The second-order valence-corrected chi connectivity index (χ2v) is 8.11. The normalized spacial score (nSPS) is 16.6. The van der Waals surface area contributed by atoms with Gasteiger partial charge in [-0.3, -0.25) is 14.5 Å². The zero-order valence-electron chi connectivity index (χ0n) is 14.5. The van der Waals surface area contributed by atoms with Crippen molar-refractivity contribution in [3.63, 3.8) is 0 Å². The predicted molar refractivity (Wildman–Crippen MR) is 106 cm³/mol. The summed E-state index contributed by atoms with van der Waals surface area (Å²) in [4.78, 5) is 26.3. The molecule has 0 radical (unpaired) electrons. The van der Waals surface area contributed by atoms with Crippen LogP contribution in [0.1, 0.15) is 30.8 Å². The smallest absolute Gasteiger partial charge is 0.293 e. The molecule has 2 amide bonds. The summed E-state index contributed by atoms with van der Waals surface area (Å²) in [5.74, 6) is -0.212. The van der Waals surface area contributed by atoms with E-state index in [4.69, 9.17) is 0 Å². The highest BCUT2D eigenvalue weighted by molar-refractivity contribution is 9.10. The number of imide groups is 1. The number of aryl methyl sites for hydroxylation is 1. The minimum absolute atomic E-state index is 0.133. The molecule has 1 aromatic carbocycles. The molecule has 0 N–H and O–H groups in total. The number of aromatic nitrogens is 1. The van der Waals surface area contributed by atoms with Crippen molar-refractivity contribution in [2.45, 2.75) is 33.7 Å². The summed E-state index contributed by atoms with van der Waals surface area (Å²) in [7, 11) is 0. The summed E-state index contributed by atoms with van der Waals surface area (Å²) in [5, 5.41) is -0.203. The first-order valence-electron chi connectivity index (χ1n) is 8.02. The Morgan fingerprint density at radius 3 is 2.44 bits per heavy atom. The van der Waals surface area contributed by atoms with Crippen LogP contribution in [0.15, 0.2) is 39.7 Å². The van der Waals surface area contributed by atoms with Crippen LogP contribution in [-0.2, 0) is 4.79 Å². The number of hydrogen-bond donors (Lipinski definition) is 0. The zero-order valence-corrected chi connectivity index (χ0v) is 16.9. The lowest BCUT2D eigenvalue weighted by Crippen LogP contribution is -2.34. The molecular formula is C19H19BrN2O2S. The largest absolute Gasteiger partial charge is 0.317 e. The van der Waals surface area contributed by atoms with E-state index in [0.717, 1.165) is 38.9 Å². The zero-order chi connectivity index (χ0) is 18.3. The van der Waals surface area contributed by atoms with Crippen LogP contribution in [0, 0.1) is 13.8 Å². The third-order valence-corrected chi connectivity index (χ3v) is 5.74. The van der Waals surface area contributed by atoms with E-state index < -0.39 is 0 Å². The van der Waals surface area contributed by atoms with Gasteiger partial charge in [0.25, 0.3) is 11.1 Å². The van der Waals surface area contributed by atoms with Crippen LogP contribution >= 0.6 is 27.7 Å². The van der Waals surface area contributed by atoms with Gasteiger partial charge in [-0.2, -0.15) is 0 Å². The summed E-state index contributed by atoms with van der Waals surface area (Å²) in [5.41, 5.74) is 4.09. The number of para-hydroxylation sites is 1. The van der Waals surface area contributed by atoms with E-state index >= 15 is 0 Å². The fraction of sp³-hybridized carbons (Fsp3) is 0.263. The van der Waals surface area contributed by atoms with Crippen LogP contribution in [0.5, 0.6) is 0 Å². The molecule has 1 saturated heterocycles. The fourth-order valence-corrected chi connectivity index (χ4v) is 4.42. The molecule has 1 aromatic heterocycles. The number of hydrogen-bond acceptors (Lipinski definition) is 3. The number of halogens is 1. The Kier molecular flexibility index (Phi) is 4.93. The van der Waals surface area contributed by atoms with Gasteiger partial charge in [0.05, 0.1) is 10.6 Å². The maximum atomic E-state index is 12.5. The molecule has 130 valence electrons. The number of carbonyl (C=O) groups is 2. The molecule has 2 aromatic rings. The van der Waals surface area contributed by atoms with Gasteiger partial charge in [-0.25, -0.2) is 0 Å². The fourth-order valence-electron chi connectivity index (χ4n) is 3.00. The summed E-state index contributed by atoms with van der Waals surface area (Å²) >= 11 is 4.60. The van der Waals surface area contributed by atoms with E-state index in [1.54, 1.807) is 0 Å². The molecule has 0 spiro atoms. The van der Waals surface area contributed by atoms with Gasteiger partial charge < -0.3 is 4.57 Å². The van der Waals surface area contributed by atoms with Gasteiger partial charge in [0.1, 0.15) is 0 Å². The van der Waals surface area contributed by atoms with Gasteiger partial charge in [-0.15, -0.1) is 0 Å². The second-order valence-electron chi connectivity index (χ2n) is 6.26. The average Bonchev–Trinajstić information content (AvgIpc) is 2.97. The van der Waals surface area contributed by atoms with Gasteiger partial charge in [0, 0.05) is 21.9 Å². The lowest BCUT2D eigenvalue weighted by Gasteiger charge is -2.16. The summed E-state index contributed by atoms with van der Waals surface area (Å²) in [6.45, 7) is 7.74. The van der Waals surface area contributed by atoms with Crippen molar-refractivity contribution >= 4 is 44.9 Å². The molecule has 6 heteroatoms. The lowest BCUT2D eigenvalue weighted by molar-refractivity contribution is -0.123. The first-order chi connectivity index (χ1) is 11.8. The Hall–Kier alpha value is -1.79. The minimum atomic E-state index is -0.212. The lowest BCUT2D eigenvalue weighted by atomic mass is 10.2. The molecule has 0 unspecified atom stereocenters. The maximum absolute atomic E-state index is 12.5. The molecule has 0 saturated carbocycles. The number of benzene rings is 1. The number of amides is 2. The van der Waals surface area contributed by atoms with Crippen LogP contribution < -0.4 is 0 Å². The molecule has 4 nitrogen and oxygen atoms in total. The summed E-state index contributed by atoms with van der Waals surface area (Å²) in [6.07, 6.45) is 1.82. The van der Waals surface area contributed by atoms with Crippen molar-refractivity contribution in [2.24, 2.45) is 0 Å². The van der Waals surface area contributed by atoms with Crippen LogP contribution in [0.25, 0.3) is 11.8 Å². The molecule has 1 fully saturated rings. The number of nitrogens with zero attached hydrogens (tertiary/aromatic N) is 2. The first-order valence-corrected chi connectivity index (χ1v) is 9.63. The Balaban J connectivity index is 2.04. The highest BCUT2D eigenvalue weighted by atomic mass is 79.9. The Morgan fingerprint density at radius 1 is 1.16 bits per heavy atom. The quantitative estimate of drug-likeness (QED) is 0.634. The minimum Gasteiger partial charge on any atom is -0.317 e. The van der Waals surface area contributed by atoms with Crippen LogP contribution in [0.2, 0.25) is 0 Å². The van der Waals surface area contributed by atoms with Gasteiger partial charge in [0.2, 0.25) is 0 Å². The third-order valence-electron chi connectivity index (χ3n) is 4.19. The third kappa shape index (κ3) is 3.20. The molecule has 25 heavy (non-hydrogen) atoms. The number of carbonyl (C=O) groups excluding carboxylic acids is 2. The van der Waals surface area contributed by atoms with Crippen molar-refractivity contribution < 1.29 is 9.59 Å². The molecule has 3 rings (SSSR count). The summed E-state index contributed by atoms with van der Waals surface area (Å²) in [6, 6.07) is 9.92. The maximum Gasteiger partial charge on any atom is 0.293 e. The highest BCUT2D eigenvalue weighted by Crippen LogP contribution is 2.35. The number of rotatable bonds is 3. The van der Waals surface area contributed by atoms with E-state index in [9.17, 15) is 9.59 Å². The molecule has 0 aliphatic carbocycles. The molecule has 0 bridgehead atoms. The molecule has 1 aliphatic heterocycles. The molecule has 2 heterocycles. The Bertz CT molecular complexity index is 899. The predicted octanol–water partition coefficient (Wildman–Crippen LogP) is 5.30. The van der Waals surface area contributed by atoms with Crippen molar-refractivity contribution in [3.8, 4) is 5.69 Å². The Morgan fingerprint density at radius 2 is 1.84 bits per heavy atom. The monoisotopic (exact) mass is 418 g/mol. The van der Waals surface area contributed by atoms with E-state index in [0.29, 0.717) is 4.91 Å². The van der Waals surface area contributed by atoms with Crippen molar-refractivity contribution in [3.05, 3.63) is 56.7 Å². The van der Waals surface area contributed by atoms with Crippen LogP contribution in [0.4, 0.5) is 4.79 Å². The Labute approximate surface area is 160 Å². The number of thioether (sulfide) groups is 1. The van der Waals surface area contributed by atoms with E-state index in [1.165, 1.54) is 4.90 Å². The SMILES string of the molecule is Cc1cc(/C=C2\SC(=O)N(C(C)C)C2=O)c(C)n1-c1ccccc1Br. The topological polar surface area (TPSA) is 42.3 Å². The molecule has 1 aliphatic rings. The summed E-state index contributed by atoms with van der Waals surface area (Å²) < 4.78 is 3.14. The van der Waals surface area contributed by atoms with Crippen LogP contribution in [-0.4, -0.2) is 26.7 Å². The van der Waals surface area contributed by atoms with Crippen molar-refractivity contribution in [1.82, 2.24) is 9.47 Å². The molecule has 0 atom stereocenters. The first kappa shape index (κ1) is 18.0. The highest BCUT2D eigenvalue weighted by Gasteiger charge is 2.36. The van der Waals surface area contributed by atoms with Gasteiger partial charge in [0.15, 0.2) is 0 Å². The van der Waals surface area contributed by atoms with E-state index in [1.807, 2.05) is 64.1 Å².